The first-order valence-corrected chi connectivity index (χ1v) is 20.4. The number of hydrogen-bond acceptors (Lipinski definition) is 1. The highest BCUT2D eigenvalue weighted by Gasteiger charge is 2.58. The minimum atomic E-state index is -0.556. The minimum absolute atomic E-state index is 0.158. The van der Waals surface area contributed by atoms with Crippen LogP contribution in [0.5, 0.6) is 0 Å². The smallest absolute Gasteiger partial charge is 0.245 e. The zero-order chi connectivity index (χ0) is 36.9. The molecule has 0 bridgehead atoms. The van der Waals surface area contributed by atoms with Crippen molar-refractivity contribution in [2.45, 2.75) is 39.5 Å². The van der Waals surface area contributed by atoms with Crippen molar-refractivity contribution in [2.24, 2.45) is 0 Å². The third-order valence-corrected chi connectivity index (χ3v) is 14.8. The van der Waals surface area contributed by atoms with Gasteiger partial charge in [0.05, 0.1) is 22.5 Å². The molecule has 6 heterocycles. The number of benzene rings is 8. The molecule has 0 saturated carbocycles. The van der Waals surface area contributed by atoms with Crippen LogP contribution >= 0.6 is 0 Å². The Hall–Kier alpha value is -6.38. The van der Waals surface area contributed by atoms with E-state index in [1.165, 1.54) is 144 Å². The summed E-state index contributed by atoms with van der Waals surface area (Å²) in [5.41, 5.74) is 30.2. The molecule has 1 spiro atoms. The quantitative estimate of drug-likeness (QED) is 0.153. The molecule has 260 valence electrons. The first-order chi connectivity index (χ1) is 27.6. The highest BCUT2D eigenvalue weighted by molar-refractivity contribution is 7.01. The van der Waals surface area contributed by atoms with Gasteiger partial charge in [0.15, 0.2) is 0 Å². The lowest BCUT2D eigenvalue weighted by Crippen LogP contribution is -2.67. The molecule has 0 radical (unpaired) electrons. The number of allylic oxidation sites excluding steroid dienone is 2. The van der Waals surface area contributed by atoms with Gasteiger partial charge in [-0.3, -0.25) is 0 Å². The van der Waals surface area contributed by atoms with Crippen molar-refractivity contribution in [1.29, 1.82) is 0 Å². The Morgan fingerprint density at radius 3 is 1.88 bits per heavy atom. The van der Waals surface area contributed by atoms with Crippen LogP contribution in [0.25, 0.3) is 54.9 Å². The molecule has 8 aromatic carbocycles. The van der Waals surface area contributed by atoms with Gasteiger partial charge >= 0.3 is 0 Å². The van der Waals surface area contributed by atoms with Gasteiger partial charge in [0.25, 0.3) is 0 Å². The zero-order valence-corrected chi connectivity index (χ0v) is 31.9. The molecule has 56 heavy (non-hydrogen) atoms. The predicted molar refractivity (Wildman–Crippen MR) is 237 cm³/mol. The number of rotatable bonds is 1. The van der Waals surface area contributed by atoms with Gasteiger partial charge in [-0.15, -0.1) is 0 Å². The third-order valence-electron chi connectivity index (χ3n) is 14.8. The Kier molecular flexibility index (Phi) is 5.18. The standard InChI is InChI=1S/C54H36BN/c1-5-29-21-25-40-49-45(29)32(6-2)36-16-10-17-37-34-14-8-12-30-22-26-41(50(46(30)34)55(49)48(36)37)54(40)42-24-20-28(4)44-33(7-3)38-18-11-19-39-35-15-9-13-31-23-27-43(54)53(47(31)35)56(51(38)39)52(42)44/h6-27H,5H2,1-4H3/b32-6-,33-7-. The molecule has 8 aromatic rings. The van der Waals surface area contributed by atoms with Crippen molar-refractivity contribution in [3.05, 3.63) is 189 Å². The maximum atomic E-state index is 2.72. The second-order valence-electron chi connectivity index (χ2n) is 16.8. The van der Waals surface area contributed by atoms with Gasteiger partial charge in [0.1, 0.15) is 0 Å². The lowest BCUT2D eigenvalue weighted by atomic mass is 9.25. The van der Waals surface area contributed by atoms with E-state index in [1.54, 1.807) is 0 Å². The summed E-state index contributed by atoms with van der Waals surface area (Å²) in [6, 6.07) is 48.0. The van der Waals surface area contributed by atoms with Crippen LogP contribution in [0.2, 0.25) is 0 Å². The van der Waals surface area contributed by atoms with E-state index in [4.69, 9.17) is 0 Å². The van der Waals surface area contributed by atoms with Gasteiger partial charge in [-0.2, -0.15) is 0 Å². The Labute approximate surface area is 327 Å². The van der Waals surface area contributed by atoms with Crippen LogP contribution in [0.3, 0.4) is 0 Å². The first kappa shape index (κ1) is 29.9. The summed E-state index contributed by atoms with van der Waals surface area (Å²) in [6.45, 7) is 9.32. The SMILES string of the molecule is C/C=C1/c2cccc3c2B2c4c(ccc(CC)c41)C1(c4ccc(C)c5c4N4c6c(cccc6-c6cccc7ccc1c4c67)/C5=C/C)c1ccc4cccc-3c4c12. The largest absolute Gasteiger partial charge is 0.307 e. The van der Waals surface area contributed by atoms with Crippen LogP contribution in [0.4, 0.5) is 17.1 Å². The predicted octanol–water partition coefficient (Wildman–Crippen LogP) is 11.4. The van der Waals surface area contributed by atoms with E-state index < -0.39 is 5.41 Å². The Morgan fingerprint density at radius 2 is 1.09 bits per heavy atom. The van der Waals surface area contributed by atoms with Crippen molar-refractivity contribution in [3.63, 3.8) is 0 Å². The number of hydrogen-bond donors (Lipinski definition) is 0. The average Bonchev–Trinajstić information content (AvgIpc) is 3.24. The van der Waals surface area contributed by atoms with Crippen LogP contribution in [-0.4, -0.2) is 6.71 Å². The summed E-state index contributed by atoms with van der Waals surface area (Å²) in [6.07, 6.45) is 5.77. The van der Waals surface area contributed by atoms with Crippen molar-refractivity contribution in [3.8, 4) is 22.3 Å². The second-order valence-corrected chi connectivity index (χ2v) is 16.8. The number of aryl methyl sites for hydroxylation is 2. The first-order valence-electron chi connectivity index (χ1n) is 20.4. The lowest BCUT2D eigenvalue weighted by molar-refractivity contribution is 0.736. The molecule has 0 N–H and O–H groups in total. The van der Waals surface area contributed by atoms with Gasteiger partial charge in [-0.05, 0) is 116 Å². The maximum Gasteiger partial charge on any atom is 0.245 e. The molecular formula is C54H36BN. The number of anilines is 3. The van der Waals surface area contributed by atoms with Gasteiger partial charge in [-0.25, -0.2) is 0 Å². The van der Waals surface area contributed by atoms with E-state index in [0.717, 1.165) is 6.42 Å². The molecule has 0 aliphatic carbocycles. The third kappa shape index (κ3) is 2.94. The van der Waals surface area contributed by atoms with Crippen molar-refractivity contribution in [1.82, 2.24) is 0 Å². The zero-order valence-electron chi connectivity index (χ0n) is 31.9. The van der Waals surface area contributed by atoms with Crippen molar-refractivity contribution >= 4 is 72.9 Å². The number of fused-ring (bicyclic) bond motifs is 6. The van der Waals surface area contributed by atoms with Crippen molar-refractivity contribution < 1.29 is 0 Å². The molecule has 0 aromatic heterocycles. The summed E-state index contributed by atoms with van der Waals surface area (Å²) in [7, 11) is 0. The number of nitrogens with zero attached hydrogens (tertiary/aromatic N) is 1. The fourth-order valence-corrected chi connectivity index (χ4v) is 12.9. The Balaban J connectivity index is 1.29. The van der Waals surface area contributed by atoms with E-state index in [9.17, 15) is 0 Å². The molecule has 1 unspecified atom stereocenters. The van der Waals surface area contributed by atoms with E-state index in [2.05, 4.69) is 166 Å². The van der Waals surface area contributed by atoms with Crippen LogP contribution in [-0.2, 0) is 11.8 Å². The van der Waals surface area contributed by atoms with E-state index in [-0.39, 0.29) is 6.71 Å². The molecule has 0 amide bonds. The maximum absolute atomic E-state index is 2.72. The van der Waals surface area contributed by atoms with E-state index in [0.29, 0.717) is 0 Å². The average molecular weight is 710 g/mol. The van der Waals surface area contributed by atoms with E-state index in [1.807, 2.05) is 0 Å². The summed E-state index contributed by atoms with van der Waals surface area (Å²) < 4.78 is 0. The Bertz CT molecular complexity index is 3330. The van der Waals surface area contributed by atoms with Gasteiger partial charge in [0, 0.05) is 22.1 Å². The lowest BCUT2D eigenvalue weighted by Gasteiger charge is -2.55. The number of para-hydroxylation sites is 1. The molecule has 14 rings (SSSR count). The second kappa shape index (κ2) is 9.70. The molecule has 1 atom stereocenters. The van der Waals surface area contributed by atoms with Crippen LogP contribution in [0.15, 0.2) is 133 Å². The Morgan fingerprint density at radius 1 is 0.500 bits per heavy atom. The molecular weight excluding hydrogens is 673 g/mol. The van der Waals surface area contributed by atoms with Crippen LogP contribution in [0.1, 0.15) is 76.4 Å². The molecule has 0 fully saturated rings. The monoisotopic (exact) mass is 709 g/mol. The molecule has 0 saturated heterocycles. The highest BCUT2D eigenvalue weighted by Crippen LogP contribution is 2.68. The summed E-state index contributed by atoms with van der Waals surface area (Å²) in [5, 5.41) is 5.44. The van der Waals surface area contributed by atoms with Gasteiger partial charge < -0.3 is 4.90 Å². The topological polar surface area (TPSA) is 3.24 Å². The van der Waals surface area contributed by atoms with Gasteiger partial charge in [0.2, 0.25) is 6.71 Å². The molecule has 6 aliphatic heterocycles. The summed E-state index contributed by atoms with van der Waals surface area (Å²) >= 11 is 0. The normalized spacial score (nSPS) is 18.9. The molecule has 2 heteroatoms. The minimum Gasteiger partial charge on any atom is -0.307 e. The molecule has 1 nitrogen and oxygen atoms in total. The van der Waals surface area contributed by atoms with Crippen LogP contribution < -0.4 is 21.3 Å². The summed E-state index contributed by atoms with van der Waals surface area (Å²) in [5.74, 6) is 0. The van der Waals surface area contributed by atoms with Crippen molar-refractivity contribution in [2.75, 3.05) is 4.90 Å². The fraction of sp³-hybridized carbons (Fsp3) is 0.111. The molecule has 6 aliphatic rings. The fourth-order valence-electron chi connectivity index (χ4n) is 12.9. The van der Waals surface area contributed by atoms with E-state index >= 15 is 0 Å². The van der Waals surface area contributed by atoms with Gasteiger partial charge in [-0.1, -0.05) is 157 Å². The highest BCUT2D eigenvalue weighted by atomic mass is 15.2. The van der Waals surface area contributed by atoms with Crippen LogP contribution in [0, 0.1) is 6.92 Å². The summed E-state index contributed by atoms with van der Waals surface area (Å²) in [4.78, 5) is 2.72.